The maximum atomic E-state index is 12.6. The predicted molar refractivity (Wildman–Crippen MR) is 60.7 cm³/mol. The molecule has 0 atom stereocenters. The van der Waals surface area contributed by atoms with E-state index in [2.05, 4.69) is 25.6 Å². The first-order valence-corrected chi connectivity index (χ1v) is 6.16. The van der Waals surface area contributed by atoms with Gasteiger partial charge in [0.2, 0.25) is 4.96 Å². The minimum Gasteiger partial charge on any atom is -0.325 e. The van der Waals surface area contributed by atoms with Crippen LogP contribution in [0.4, 0.5) is 13.2 Å². The lowest BCUT2D eigenvalue weighted by Crippen LogP contribution is -2.12. The van der Waals surface area contributed by atoms with Crippen LogP contribution < -0.4 is 5.73 Å². The number of nitrogens with two attached hydrogens (primary N) is 1. The summed E-state index contributed by atoms with van der Waals surface area (Å²) in [4.78, 5) is 0.0755. The molecule has 0 bridgehead atoms. The first-order valence-electron chi connectivity index (χ1n) is 5.35. The molecule has 3 aromatic heterocycles. The largest absolute Gasteiger partial charge is 0.453 e. The molecule has 0 aliphatic rings. The van der Waals surface area contributed by atoms with Crippen molar-refractivity contribution in [3.8, 4) is 0 Å². The Bertz CT molecular complexity index is 740. The maximum Gasteiger partial charge on any atom is 0.453 e. The predicted octanol–water partition coefficient (Wildman–Crippen LogP) is 0.303. The second-order valence-electron chi connectivity index (χ2n) is 3.82. The van der Waals surface area contributed by atoms with Crippen molar-refractivity contribution in [3.05, 3.63) is 22.7 Å². The van der Waals surface area contributed by atoms with Gasteiger partial charge in [-0.15, -0.1) is 15.3 Å². The molecule has 0 unspecified atom stereocenters. The average molecular weight is 304 g/mol. The van der Waals surface area contributed by atoms with Gasteiger partial charge >= 0.3 is 6.18 Å². The van der Waals surface area contributed by atoms with Crippen LogP contribution in [0.2, 0.25) is 0 Å². The van der Waals surface area contributed by atoms with Crippen molar-refractivity contribution >= 4 is 16.3 Å². The highest BCUT2D eigenvalue weighted by Gasteiger charge is 2.38. The van der Waals surface area contributed by atoms with Crippen molar-refractivity contribution in [1.82, 2.24) is 34.8 Å². The van der Waals surface area contributed by atoms with Crippen molar-refractivity contribution < 1.29 is 13.2 Å². The lowest BCUT2D eigenvalue weighted by Gasteiger charge is -2.00. The van der Waals surface area contributed by atoms with Crippen LogP contribution in [-0.2, 0) is 19.3 Å². The van der Waals surface area contributed by atoms with Gasteiger partial charge in [-0.25, -0.2) is 4.68 Å². The first-order chi connectivity index (χ1) is 9.47. The number of aromatic nitrogens is 7. The number of halogens is 3. The molecule has 0 aliphatic heterocycles. The summed E-state index contributed by atoms with van der Waals surface area (Å²) in [5.41, 5.74) is 5.98. The zero-order chi connectivity index (χ0) is 14.3. The van der Waals surface area contributed by atoms with E-state index in [1.54, 1.807) is 6.20 Å². The van der Waals surface area contributed by atoms with Crippen molar-refractivity contribution in [1.29, 1.82) is 0 Å². The summed E-state index contributed by atoms with van der Waals surface area (Å²) >= 11 is 1.00. The molecule has 0 saturated carbocycles. The zero-order valence-electron chi connectivity index (χ0n) is 9.74. The molecule has 2 N–H and O–H groups in total. The number of nitrogens with zero attached hydrogens (tertiary/aromatic N) is 7. The molecule has 8 nitrogen and oxygen atoms in total. The van der Waals surface area contributed by atoms with E-state index in [1.165, 1.54) is 4.68 Å². The smallest absolute Gasteiger partial charge is 0.325 e. The van der Waals surface area contributed by atoms with Crippen LogP contribution in [0, 0.1) is 0 Å². The number of alkyl halides is 3. The highest BCUT2D eigenvalue weighted by molar-refractivity contribution is 7.16. The van der Waals surface area contributed by atoms with Gasteiger partial charge in [0.05, 0.1) is 18.4 Å². The van der Waals surface area contributed by atoms with E-state index in [9.17, 15) is 13.2 Å². The zero-order valence-corrected chi connectivity index (χ0v) is 10.6. The Balaban J connectivity index is 1.91. The van der Waals surface area contributed by atoms with E-state index in [-0.39, 0.29) is 18.1 Å². The summed E-state index contributed by atoms with van der Waals surface area (Å²) in [6.07, 6.45) is -2.99. The molecule has 106 valence electrons. The fourth-order valence-electron chi connectivity index (χ4n) is 1.55. The quantitative estimate of drug-likeness (QED) is 0.747. The molecule has 0 radical (unpaired) electrons. The Hall–Kier alpha value is -2.08. The van der Waals surface area contributed by atoms with Crippen molar-refractivity contribution in [2.75, 3.05) is 0 Å². The Labute approximate surface area is 113 Å². The van der Waals surface area contributed by atoms with Gasteiger partial charge in [0.25, 0.3) is 5.82 Å². The molecule has 12 heteroatoms. The van der Waals surface area contributed by atoms with Gasteiger partial charge in [-0.2, -0.15) is 22.8 Å². The lowest BCUT2D eigenvalue weighted by atomic mass is 10.5. The van der Waals surface area contributed by atoms with Gasteiger partial charge in [0, 0.05) is 6.54 Å². The van der Waals surface area contributed by atoms with E-state index in [0.717, 1.165) is 11.3 Å². The van der Waals surface area contributed by atoms with Crippen LogP contribution in [0.3, 0.4) is 0 Å². The SMILES string of the molecule is NCc1cn(Cc2nn3c(C(F)(F)F)nnc3s2)nn1. The van der Waals surface area contributed by atoms with E-state index in [4.69, 9.17) is 5.73 Å². The van der Waals surface area contributed by atoms with Crippen LogP contribution in [0.1, 0.15) is 16.5 Å². The molecule has 0 spiro atoms. The number of hydrogen-bond acceptors (Lipinski definition) is 7. The summed E-state index contributed by atoms with van der Waals surface area (Å²) < 4.78 is 40.0. The average Bonchev–Trinajstić information content (AvgIpc) is 3.02. The maximum absolute atomic E-state index is 12.6. The molecule has 0 saturated heterocycles. The number of fused-ring (bicyclic) bond motifs is 1. The van der Waals surface area contributed by atoms with Gasteiger partial charge < -0.3 is 5.73 Å². The van der Waals surface area contributed by atoms with E-state index < -0.39 is 12.0 Å². The Morgan fingerprint density at radius 2 is 2.05 bits per heavy atom. The van der Waals surface area contributed by atoms with Gasteiger partial charge in [-0.3, -0.25) is 0 Å². The van der Waals surface area contributed by atoms with Gasteiger partial charge in [0.15, 0.2) is 0 Å². The summed E-state index contributed by atoms with van der Waals surface area (Å²) in [6, 6.07) is 0. The third-order valence-corrected chi connectivity index (χ3v) is 3.26. The fraction of sp³-hybridized carbons (Fsp3) is 0.375. The Morgan fingerprint density at radius 1 is 1.25 bits per heavy atom. The van der Waals surface area contributed by atoms with Crippen molar-refractivity contribution in [2.45, 2.75) is 19.3 Å². The van der Waals surface area contributed by atoms with Crippen LogP contribution in [0.15, 0.2) is 6.20 Å². The lowest BCUT2D eigenvalue weighted by molar-refractivity contribution is -0.146. The Kier molecular flexibility index (Phi) is 2.90. The second kappa shape index (κ2) is 4.49. The first kappa shape index (κ1) is 12.9. The molecular weight excluding hydrogens is 297 g/mol. The minimum atomic E-state index is -4.59. The summed E-state index contributed by atoms with van der Waals surface area (Å²) in [5, 5.41) is 18.4. The fourth-order valence-corrected chi connectivity index (χ4v) is 2.37. The van der Waals surface area contributed by atoms with Crippen molar-refractivity contribution in [3.63, 3.8) is 0 Å². The molecule has 0 aromatic carbocycles. The molecule has 0 fully saturated rings. The third-order valence-electron chi connectivity index (χ3n) is 2.38. The van der Waals surface area contributed by atoms with Gasteiger partial charge in [-0.05, 0) is 0 Å². The molecule has 3 rings (SSSR count). The molecule has 3 heterocycles. The minimum absolute atomic E-state index is 0.0755. The highest BCUT2D eigenvalue weighted by atomic mass is 32.1. The van der Waals surface area contributed by atoms with Crippen LogP contribution in [-0.4, -0.2) is 34.8 Å². The van der Waals surface area contributed by atoms with E-state index >= 15 is 0 Å². The topological polar surface area (TPSA) is 99.8 Å². The highest BCUT2D eigenvalue weighted by Crippen LogP contribution is 2.29. The monoisotopic (exact) mass is 304 g/mol. The number of rotatable bonds is 3. The summed E-state index contributed by atoms with van der Waals surface area (Å²) in [7, 11) is 0. The molecule has 3 aromatic rings. The molecule has 0 amide bonds. The van der Waals surface area contributed by atoms with Crippen LogP contribution >= 0.6 is 11.3 Å². The van der Waals surface area contributed by atoms with E-state index in [1.807, 2.05) is 0 Å². The molecule has 20 heavy (non-hydrogen) atoms. The Morgan fingerprint density at radius 3 is 2.70 bits per heavy atom. The standard InChI is InChI=1S/C8H7F3N8S/c9-8(10,11)6-14-15-7-19(6)16-5(20-7)3-18-2-4(1-12)13-17-18/h2H,1,3,12H2. The third kappa shape index (κ3) is 2.22. The normalized spacial score (nSPS) is 12.4. The van der Waals surface area contributed by atoms with Crippen LogP contribution in [0.25, 0.3) is 4.96 Å². The van der Waals surface area contributed by atoms with Gasteiger partial charge in [-0.1, -0.05) is 16.6 Å². The second-order valence-corrected chi connectivity index (χ2v) is 4.86. The van der Waals surface area contributed by atoms with Crippen LogP contribution in [0.5, 0.6) is 0 Å². The van der Waals surface area contributed by atoms with Gasteiger partial charge in [0.1, 0.15) is 5.01 Å². The summed E-state index contributed by atoms with van der Waals surface area (Å²) in [5.74, 6) is -1.14. The van der Waals surface area contributed by atoms with E-state index in [0.29, 0.717) is 15.2 Å². The molecule has 0 aliphatic carbocycles. The number of hydrogen-bond donors (Lipinski definition) is 1. The van der Waals surface area contributed by atoms with Crippen molar-refractivity contribution in [2.24, 2.45) is 5.73 Å². The molecular formula is C8H7F3N8S. The summed E-state index contributed by atoms with van der Waals surface area (Å²) in [6.45, 7) is 0.432.